The minimum Gasteiger partial charge on any atom is -0.507 e. The fourth-order valence-corrected chi connectivity index (χ4v) is 3.27. The van der Waals surface area contributed by atoms with Crippen LogP contribution in [-0.2, 0) is 9.59 Å². The standard InChI is InChI=1S/C20H17FN2O5/c1-2-11-22-17(14-5-3-4-6-15(14)21)16(19(25)20(22)26)18(24)12-7-9-13(10-8-12)23(27)28/h3-10,17,24H,2,11H2,1H3/b18-16+. The van der Waals surface area contributed by atoms with Gasteiger partial charge in [-0.15, -0.1) is 0 Å². The van der Waals surface area contributed by atoms with E-state index in [0.717, 1.165) is 0 Å². The van der Waals surface area contributed by atoms with Crippen LogP contribution in [-0.4, -0.2) is 33.2 Å². The summed E-state index contributed by atoms with van der Waals surface area (Å²) in [6.07, 6.45) is 0.537. The van der Waals surface area contributed by atoms with E-state index in [2.05, 4.69) is 0 Å². The minimum absolute atomic E-state index is 0.0959. The van der Waals surface area contributed by atoms with Gasteiger partial charge in [-0.1, -0.05) is 25.1 Å². The lowest BCUT2D eigenvalue weighted by atomic mass is 9.95. The van der Waals surface area contributed by atoms with Crippen LogP contribution >= 0.6 is 0 Å². The summed E-state index contributed by atoms with van der Waals surface area (Å²) < 4.78 is 14.5. The molecule has 8 heteroatoms. The van der Waals surface area contributed by atoms with E-state index in [1.807, 2.05) is 6.92 Å². The van der Waals surface area contributed by atoms with Crippen LogP contribution in [0.2, 0.25) is 0 Å². The zero-order chi connectivity index (χ0) is 20.4. The molecule has 1 atom stereocenters. The highest BCUT2D eigenvalue weighted by atomic mass is 19.1. The maximum absolute atomic E-state index is 14.5. The van der Waals surface area contributed by atoms with E-state index < -0.39 is 34.2 Å². The molecule has 3 rings (SSSR count). The van der Waals surface area contributed by atoms with Gasteiger partial charge in [0, 0.05) is 29.8 Å². The molecular formula is C20H17FN2O5. The van der Waals surface area contributed by atoms with Gasteiger partial charge >= 0.3 is 0 Å². The summed E-state index contributed by atoms with van der Waals surface area (Å²) in [7, 11) is 0. The zero-order valence-corrected chi connectivity index (χ0v) is 15.0. The molecule has 28 heavy (non-hydrogen) atoms. The van der Waals surface area contributed by atoms with E-state index in [-0.39, 0.29) is 28.9 Å². The Morgan fingerprint density at radius 1 is 1.18 bits per heavy atom. The quantitative estimate of drug-likeness (QED) is 0.279. The summed E-state index contributed by atoms with van der Waals surface area (Å²) in [4.78, 5) is 36.6. The lowest BCUT2D eigenvalue weighted by molar-refractivity contribution is -0.384. The molecule has 1 amide bonds. The number of carbonyl (C=O) groups is 2. The Labute approximate surface area is 159 Å². The number of nitro groups is 1. The topological polar surface area (TPSA) is 101 Å². The van der Waals surface area contributed by atoms with Gasteiger partial charge < -0.3 is 10.0 Å². The molecule has 0 radical (unpaired) electrons. The molecule has 1 aliphatic rings. The zero-order valence-electron chi connectivity index (χ0n) is 15.0. The third-order valence-electron chi connectivity index (χ3n) is 4.56. The maximum atomic E-state index is 14.5. The molecule has 0 spiro atoms. The normalized spacial score (nSPS) is 18.5. The molecule has 1 heterocycles. The third kappa shape index (κ3) is 3.24. The first-order chi connectivity index (χ1) is 13.4. The highest BCUT2D eigenvalue weighted by Gasteiger charge is 2.46. The smallest absolute Gasteiger partial charge is 0.295 e. The number of benzene rings is 2. The van der Waals surface area contributed by atoms with Crippen molar-refractivity contribution in [1.29, 1.82) is 0 Å². The van der Waals surface area contributed by atoms with Crippen LogP contribution in [0.4, 0.5) is 10.1 Å². The van der Waals surface area contributed by atoms with E-state index in [1.165, 1.54) is 47.4 Å². The fourth-order valence-electron chi connectivity index (χ4n) is 3.27. The molecular weight excluding hydrogens is 367 g/mol. The number of hydrogen-bond acceptors (Lipinski definition) is 5. The molecule has 1 unspecified atom stereocenters. The second-order valence-corrected chi connectivity index (χ2v) is 6.32. The van der Waals surface area contributed by atoms with Crippen LogP contribution in [0.25, 0.3) is 5.76 Å². The summed E-state index contributed by atoms with van der Waals surface area (Å²) in [5, 5.41) is 21.5. The average molecular weight is 384 g/mol. The van der Waals surface area contributed by atoms with Crippen molar-refractivity contribution in [2.24, 2.45) is 0 Å². The van der Waals surface area contributed by atoms with E-state index in [1.54, 1.807) is 6.07 Å². The van der Waals surface area contributed by atoms with Crippen LogP contribution in [0.3, 0.4) is 0 Å². The summed E-state index contributed by atoms with van der Waals surface area (Å²) in [5.41, 5.74) is -0.203. The van der Waals surface area contributed by atoms with Crippen molar-refractivity contribution in [2.45, 2.75) is 19.4 Å². The molecule has 0 saturated carbocycles. The lowest BCUT2D eigenvalue weighted by Crippen LogP contribution is -2.30. The second kappa shape index (κ2) is 7.59. The number of rotatable bonds is 5. The number of halogens is 1. The summed E-state index contributed by atoms with van der Waals surface area (Å²) in [6, 6.07) is 9.57. The Kier molecular flexibility index (Phi) is 5.21. The van der Waals surface area contributed by atoms with Gasteiger partial charge in [0.1, 0.15) is 11.6 Å². The van der Waals surface area contributed by atoms with Gasteiger partial charge in [0.15, 0.2) is 0 Å². The van der Waals surface area contributed by atoms with Crippen LogP contribution in [0, 0.1) is 15.9 Å². The van der Waals surface area contributed by atoms with Crippen LogP contribution < -0.4 is 0 Å². The molecule has 2 aromatic carbocycles. The Balaban J connectivity index is 2.18. The van der Waals surface area contributed by atoms with Crippen molar-refractivity contribution >= 4 is 23.1 Å². The van der Waals surface area contributed by atoms with Crippen molar-refractivity contribution < 1.29 is 24.0 Å². The number of likely N-dealkylation sites (tertiary alicyclic amines) is 1. The lowest BCUT2D eigenvalue weighted by Gasteiger charge is -2.25. The van der Waals surface area contributed by atoms with Crippen LogP contribution in [0.1, 0.15) is 30.5 Å². The predicted octanol–water partition coefficient (Wildman–Crippen LogP) is 3.57. The van der Waals surface area contributed by atoms with E-state index >= 15 is 0 Å². The Hall–Kier alpha value is -3.55. The number of non-ortho nitro benzene ring substituents is 1. The predicted molar refractivity (Wildman–Crippen MR) is 98.8 cm³/mol. The van der Waals surface area contributed by atoms with Crippen molar-refractivity contribution in [3.63, 3.8) is 0 Å². The van der Waals surface area contributed by atoms with Gasteiger partial charge in [-0.05, 0) is 24.6 Å². The molecule has 2 aromatic rings. The van der Waals surface area contributed by atoms with Gasteiger partial charge in [0.25, 0.3) is 17.4 Å². The number of hydrogen-bond donors (Lipinski definition) is 1. The molecule has 7 nitrogen and oxygen atoms in total. The number of nitro benzene ring substituents is 1. The van der Waals surface area contributed by atoms with E-state index in [0.29, 0.717) is 6.42 Å². The van der Waals surface area contributed by atoms with Crippen LogP contribution in [0.15, 0.2) is 54.1 Å². The number of amides is 1. The van der Waals surface area contributed by atoms with E-state index in [4.69, 9.17) is 0 Å². The first-order valence-electron chi connectivity index (χ1n) is 8.64. The molecule has 0 aliphatic carbocycles. The van der Waals surface area contributed by atoms with Gasteiger partial charge in [-0.2, -0.15) is 0 Å². The van der Waals surface area contributed by atoms with Crippen molar-refractivity contribution in [3.05, 3.63) is 81.2 Å². The Morgan fingerprint density at radius 3 is 2.39 bits per heavy atom. The monoisotopic (exact) mass is 384 g/mol. The molecule has 1 aliphatic heterocycles. The van der Waals surface area contributed by atoms with Gasteiger partial charge in [-0.3, -0.25) is 19.7 Å². The maximum Gasteiger partial charge on any atom is 0.295 e. The first kappa shape index (κ1) is 19.2. The third-order valence-corrected chi connectivity index (χ3v) is 4.56. The summed E-state index contributed by atoms with van der Waals surface area (Å²) in [6.45, 7) is 2.02. The van der Waals surface area contributed by atoms with Crippen molar-refractivity contribution in [2.75, 3.05) is 6.54 Å². The number of Topliss-reactive ketones (excluding diaryl/α,β-unsaturated/α-hetero) is 1. The highest BCUT2D eigenvalue weighted by molar-refractivity contribution is 6.46. The molecule has 1 fully saturated rings. The van der Waals surface area contributed by atoms with Gasteiger partial charge in [-0.25, -0.2) is 4.39 Å². The number of nitrogens with zero attached hydrogens (tertiary/aromatic N) is 2. The molecule has 144 valence electrons. The number of aliphatic hydroxyl groups excluding tert-OH is 1. The van der Waals surface area contributed by atoms with Gasteiger partial charge in [0.05, 0.1) is 16.5 Å². The van der Waals surface area contributed by atoms with Crippen molar-refractivity contribution in [1.82, 2.24) is 4.90 Å². The first-order valence-corrected chi connectivity index (χ1v) is 8.64. The van der Waals surface area contributed by atoms with Crippen molar-refractivity contribution in [3.8, 4) is 0 Å². The number of ketones is 1. The van der Waals surface area contributed by atoms with Crippen LogP contribution in [0.5, 0.6) is 0 Å². The molecule has 0 aromatic heterocycles. The Bertz CT molecular complexity index is 984. The molecule has 0 bridgehead atoms. The second-order valence-electron chi connectivity index (χ2n) is 6.32. The van der Waals surface area contributed by atoms with E-state index in [9.17, 15) is 29.2 Å². The number of aliphatic hydroxyl groups is 1. The number of carbonyl (C=O) groups excluding carboxylic acids is 2. The fraction of sp³-hybridized carbons (Fsp3) is 0.200. The summed E-state index contributed by atoms with van der Waals surface area (Å²) in [5.74, 6) is -2.85. The largest absolute Gasteiger partial charge is 0.507 e. The molecule has 1 N–H and O–H groups in total. The Morgan fingerprint density at radius 2 is 1.82 bits per heavy atom. The highest BCUT2D eigenvalue weighted by Crippen LogP contribution is 2.40. The SMILES string of the molecule is CCCN1C(=O)C(=O)/C(=C(/O)c2ccc([N+](=O)[O-])cc2)C1c1ccccc1F. The van der Waals surface area contributed by atoms with Gasteiger partial charge in [0.2, 0.25) is 0 Å². The summed E-state index contributed by atoms with van der Waals surface area (Å²) >= 11 is 0. The minimum atomic E-state index is -1.07. The average Bonchev–Trinajstić information content (AvgIpc) is 2.93. The molecule has 1 saturated heterocycles.